The van der Waals surface area contributed by atoms with Crippen LogP contribution in [-0.2, 0) is 6.54 Å². The Morgan fingerprint density at radius 3 is 2.70 bits per heavy atom. The average molecular weight is 280 g/mol. The van der Waals surface area contributed by atoms with Gasteiger partial charge in [0.1, 0.15) is 5.82 Å². The number of benzene rings is 1. The summed E-state index contributed by atoms with van der Waals surface area (Å²) in [6.45, 7) is 0.969. The lowest BCUT2D eigenvalue weighted by atomic mass is 10.1. The molecule has 0 atom stereocenters. The summed E-state index contributed by atoms with van der Waals surface area (Å²) >= 11 is 0. The topological polar surface area (TPSA) is 66.6 Å². The highest BCUT2D eigenvalue weighted by Crippen LogP contribution is 2.25. The van der Waals surface area contributed by atoms with Crippen molar-refractivity contribution >= 4 is 5.91 Å². The van der Waals surface area contributed by atoms with Crippen LogP contribution in [0.1, 0.15) is 41.6 Å². The van der Waals surface area contributed by atoms with E-state index in [0.29, 0.717) is 30.3 Å². The minimum atomic E-state index is -0.555. The molecule has 2 rings (SSSR count). The largest absolute Gasteiger partial charge is 0.395 e. The molecule has 0 aromatic heterocycles. The molecule has 0 unspecified atom stereocenters. The average Bonchev–Trinajstić information content (AvgIpc) is 2.94. The van der Waals surface area contributed by atoms with Crippen molar-refractivity contribution < 1.29 is 14.3 Å². The zero-order valence-corrected chi connectivity index (χ0v) is 11.5. The molecule has 0 bridgehead atoms. The van der Waals surface area contributed by atoms with Gasteiger partial charge in [-0.25, -0.2) is 4.39 Å². The fraction of sp³-hybridized carbons (Fsp3) is 0.533. The Bertz CT molecular complexity index is 473. The predicted octanol–water partition coefficient (Wildman–Crippen LogP) is 1.66. The summed E-state index contributed by atoms with van der Waals surface area (Å²) in [6.07, 6.45) is 4.51. The number of amides is 1. The summed E-state index contributed by atoms with van der Waals surface area (Å²) in [6, 6.07) is 4.57. The molecule has 0 heterocycles. The first-order valence-electron chi connectivity index (χ1n) is 7.05. The van der Waals surface area contributed by atoms with Gasteiger partial charge in [0.2, 0.25) is 5.91 Å². The third-order valence-corrected chi connectivity index (χ3v) is 3.93. The number of aliphatic hydroxyl groups excluding tert-OH is 1. The number of hydrogen-bond donors (Lipinski definition) is 2. The maximum absolute atomic E-state index is 13.9. The standard InChI is InChI=1S/C15H21FN2O2/c16-14-6-5-11(15(17)20)9-12(14)10-18(7-8-19)13-3-1-2-4-13/h5-6,9,13,19H,1-4,7-8,10H2,(H2,17,20). The smallest absolute Gasteiger partial charge is 0.248 e. The van der Waals surface area contributed by atoms with E-state index in [1.807, 2.05) is 0 Å². The van der Waals surface area contributed by atoms with E-state index in [0.717, 1.165) is 12.8 Å². The normalized spacial score (nSPS) is 15.9. The minimum absolute atomic E-state index is 0.0492. The minimum Gasteiger partial charge on any atom is -0.395 e. The highest BCUT2D eigenvalue weighted by Gasteiger charge is 2.23. The van der Waals surface area contributed by atoms with Gasteiger partial charge in [-0.1, -0.05) is 12.8 Å². The Labute approximate surface area is 118 Å². The van der Waals surface area contributed by atoms with Crippen molar-refractivity contribution in [2.45, 2.75) is 38.3 Å². The molecule has 4 nitrogen and oxygen atoms in total. The highest BCUT2D eigenvalue weighted by molar-refractivity contribution is 5.92. The second kappa shape index (κ2) is 6.81. The van der Waals surface area contributed by atoms with Crippen LogP contribution in [0.2, 0.25) is 0 Å². The Hall–Kier alpha value is -1.46. The van der Waals surface area contributed by atoms with Crippen molar-refractivity contribution in [2.75, 3.05) is 13.2 Å². The number of carbonyl (C=O) groups excluding carboxylic acids is 1. The molecule has 0 aliphatic heterocycles. The Balaban J connectivity index is 2.16. The third-order valence-electron chi connectivity index (χ3n) is 3.93. The number of rotatable bonds is 6. The first-order chi connectivity index (χ1) is 9.61. The summed E-state index contributed by atoms with van der Waals surface area (Å²) in [5.74, 6) is -0.892. The summed E-state index contributed by atoms with van der Waals surface area (Å²) in [7, 11) is 0. The molecule has 1 aromatic rings. The number of carbonyl (C=O) groups is 1. The molecular weight excluding hydrogens is 259 g/mol. The monoisotopic (exact) mass is 280 g/mol. The molecule has 1 aromatic carbocycles. The lowest BCUT2D eigenvalue weighted by molar-refractivity contribution is 0.0999. The molecule has 20 heavy (non-hydrogen) atoms. The maximum Gasteiger partial charge on any atom is 0.248 e. The Kier molecular flexibility index (Phi) is 5.09. The molecule has 5 heteroatoms. The fourth-order valence-corrected chi connectivity index (χ4v) is 2.86. The van der Waals surface area contributed by atoms with Gasteiger partial charge in [0.15, 0.2) is 0 Å². The van der Waals surface area contributed by atoms with E-state index in [4.69, 9.17) is 5.73 Å². The van der Waals surface area contributed by atoms with Gasteiger partial charge >= 0.3 is 0 Å². The number of aliphatic hydroxyl groups is 1. The van der Waals surface area contributed by atoms with Crippen LogP contribution in [-0.4, -0.2) is 35.1 Å². The van der Waals surface area contributed by atoms with Gasteiger partial charge in [-0.2, -0.15) is 0 Å². The number of hydrogen-bond acceptors (Lipinski definition) is 3. The number of nitrogens with zero attached hydrogens (tertiary/aromatic N) is 1. The van der Waals surface area contributed by atoms with E-state index in [1.165, 1.54) is 31.0 Å². The number of primary amides is 1. The van der Waals surface area contributed by atoms with Crippen LogP contribution in [0.15, 0.2) is 18.2 Å². The molecule has 0 saturated heterocycles. The van der Waals surface area contributed by atoms with Crippen LogP contribution < -0.4 is 5.73 Å². The lowest BCUT2D eigenvalue weighted by Crippen LogP contribution is -2.35. The third kappa shape index (κ3) is 3.55. The maximum atomic E-state index is 13.9. The molecule has 0 radical (unpaired) electrons. The van der Waals surface area contributed by atoms with Gasteiger partial charge in [0, 0.05) is 30.3 Å². The highest BCUT2D eigenvalue weighted by atomic mass is 19.1. The van der Waals surface area contributed by atoms with Crippen LogP contribution in [0.4, 0.5) is 4.39 Å². The molecule has 3 N–H and O–H groups in total. The molecule has 110 valence electrons. The van der Waals surface area contributed by atoms with E-state index < -0.39 is 5.91 Å². The zero-order chi connectivity index (χ0) is 14.5. The molecule has 1 saturated carbocycles. The molecular formula is C15H21FN2O2. The van der Waals surface area contributed by atoms with Gasteiger partial charge in [-0.15, -0.1) is 0 Å². The first-order valence-corrected chi connectivity index (χ1v) is 7.05. The van der Waals surface area contributed by atoms with E-state index in [-0.39, 0.29) is 12.4 Å². The van der Waals surface area contributed by atoms with Crippen LogP contribution >= 0.6 is 0 Å². The van der Waals surface area contributed by atoms with Gasteiger partial charge in [0.25, 0.3) is 0 Å². The SMILES string of the molecule is NC(=O)c1ccc(F)c(CN(CCO)C2CCCC2)c1. The first kappa shape index (κ1) is 14.9. The van der Waals surface area contributed by atoms with Crippen molar-refractivity contribution in [3.63, 3.8) is 0 Å². The quantitative estimate of drug-likeness (QED) is 0.833. The van der Waals surface area contributed by atoms with Crippen molar-refractivity contribution in [2.24, 2.45) is 5.73 Å². The van der Waals surface area contributed by atoms with Crippen molar-refractivity contribution in [3.8, 4) is 0 Å². The van der Waals surface area contributed by atoms with Gasteiger partial charge in [-0.3, -0.25) is 9.69 Å². The van der Waals surface area contributed by atoms with E-state index >= 15 is 0 Å². The van der Waals surface area contributed by atoms with Crippen molar-refractivity contribution in [3.05, 3.63) is 35.1 Å². The van der Waals surface area contributed by atoms with Crippen LogP contribution in [0, 0.1) is 5.82 Å². The second-order valence-electron chi connectivity index (χ2n) is 5.30. The lowest BCUT2D eigenvalue weighted by Gasteiger charge is -2.28. The molecule has 1 amide bonds. The molecule has 1 aliphatic carbocycles. The van der Waals surface area contributed by atoms with Gasteiger partial charge in [-0.05, 0) is 31.0 Å². The second-order valence-corrected chi connectivity index (χ2v) is 5.30. The van der Waals surface area contributed by atoms with Crippen molar-refractivity contribution in [1.82, 2.24) is 4.90 Å². The fourth-order valence-electron chi connectivity index (χ4n) is 2.86. The zero-order valence-electron chi connectivity index (χ0n) is 11.5. The summed E-state index contributed by atoms with van der Waals surface area (Å²) in [5.41, 5.74) is 6.01. The Morgan fingerprint density at radius 2 is 2.10 bits per heavy atom. The van der Waals surface area contributed by atoms with Gasteiger partial charge in [0.05, 0.1) is 6.61 Å². The van der Waals surface area contributed by atoms with E-state index in [2.05, 4.69) is 4.90 Å². The number of halogens is 1. The molecule has 1 aliphatic rings. The van der Waals surface area contributed by atoms with E-state index in [9.17, 15) is 14.3 Å². The molecule has 1 fully saturated rings. The van der Waals surface area contributed by atoms with Crippen LogP contribution in [0.25, 0.3) is 0 Å². The predicted molar refractivity (Wildman–Crippen MR) is 74.7 cm³/mol. The van der Waals surface area contributed by atoms with Crippen LogP contribution in [0.5, 0.6) is 0 Å². The number of nitrogens with two attached hydrogens (primary N) is 1. The summed E-state index contributed by atoms with van der Waals surface area (Å²) in [5, 5.41) is 9.18. The van der Waals surface area contributed by atoms with E-state index in [1.54, 1.807) is 0 Å². The van der Waals surface area contributed by atoms with Gasteiger partial charge < -0.3 is 10.8 Å². The Morgan fingerprint density at radius 1 is 1.40 bits per heavy atom. The summed E-state index contributed by atoms with van der Waals surface area (Å²) < 4.78 is 13.9. The van der Waals surface area contributed by atoms with Crippen LogP contribution in [0.3, 0.4) is 0 Å². The van der Waals surface area contributed by atoms with Crippen molar-refractivity contribution in [1.29, 1.82) is 0 Å². The molecule has 0 spiro atoms. The summed E-state index contributed by atoms with van der Waals surface area (Å²) in [4.78, 5) is 13.3.